The van der Waals surface area contributed by atoms with Gasteiger partial charge in [-0.25, -0.2) is 23.8 Å². The zero-order valence-corrected chi connectivity index (χ0v) is 23.1. The molecule has 4 aromatic heterocycles. The van der Waals surface area contributed by atoms with Gasteiger partial charge in [-0.15, -0.1) is 0 Å². The van der Waals surface area contributed by atoms with Crippen molar-refractivity contribution in [3.8, 4) is 17.3 Å². The van der Waals surface area contributed by atoms with E-state index in [9.17, 15) is 18.0 Å². The van der Waals surface area contributed by atoms with E-state index in [0.29, 0.717) is 16.6 Å². The van der Waals surface area contributed by atoms with Gasteiger partial charge in [-0.2, -0.15) is 18.3 Å². The first-order valence-corrected chi connectivity index (χ1v) is 13.6. The third kappa shape index (κ3) is 4.72. The maximum Gasteiger partial charge on any atom is 0.433 e. The van der Waals surface area contributed by atoms with Gasteiger partial charge in [0.05, 0.1) is 6.20 Å². The van der Waals surface area contributed by atoms with Crippen molar-refractivity contribution < 1.29 is 27.0 Å². The summed E-state index contributed by atoms with van der Waals surface area (Å²) in [4.78, 5) is 23.4. The molecule has 10 nitrogen and oxygen atoms in total. The number of pyridine rings is 2. The van der Waals surface area contributed by atoms with Crippen LogP contribution in [0, 0.1) is 5.82 Å². The molecule has 0 saturated carbocycles. The first kappa shape index (κ1) is 27.6. The van der Waals surface area contributed by atoms with Gasteiger partial charge in [0.2, 0.25) is 0 Å². The number of H-pyrrole nitrogens is 1. The van der Waals surface area contributed by atoms with Crippen molar-refractivity contribution >= 4 is 27.6 Å². The SMILES string of the molecule is CC(C)n1c(=O)[nH]c2nccc(Oc3ccc(NC4OC4c4cnn(-c5nccc6ccccc56)c4C(F)(F)F)cc3F)c21. The molecule has 5 heterocycles. The number of aromatic amines is 1. The molecule has 2 N–H and O–H groups in total. The molecule has 2 unspecified atom stereocenters. The average molecular weight is 606 g/mol. The highest BCUT2D eigenvalue weighted by Crippen LogP contribution is 2.46. The minimum absolute atomic E-state index is 0.0426. The van der Waals surface area contributed by atoms with Crippen LogP contribution in [0.3, 0.4) is 0 Å². The number of nitrogens with one attached hydrogen (secondary N) is 2. The van der Waals surface area contributed by atoms with Crippen molar-refractivity contribution in [3.63, 3.8) is 0 Å². The Labute approximate surface area is 245 Å². The predicted molar refractivity (Wildman–Crippen MR) is 152 cm³/mol. The predicted octanol–water partition coefficient (Wildman–Crippen LogP) is 6.50. The van der Waals surface area contributed by atoms with Crippen LogP contribution in [0.1, 0.15) is 37.3 Å². The number of ether oxygens (including phenoxy) is 2. The normalized spacial score (nSPS) is 16.6. The van der Waals surface area contributed by atoms with Crippen molar-refractivity contribution in [1.82, 2.24) is 29.3 Å². The fraction of sp³-hybridized carbons (Fsp3) is 0.200. The Hall–Kier alpha value is -5.24. The summed E-state index contributed by atoms with van der Waals surface area (Å²) in [5, 5.41) is 8.17. The summed E-state index contributed by atoms with van der Waals surface area (Å²) >= 11 is 0. The van der Waals surface area contributed by atoms with Crippen LogP contribution in [0.4, 0.5) is 23.2 Å². The molecule has 1 aliphatic heterocycles. The second-order valence-electron chi connectivity index (χ2n) is 10.5. The molecule has 1 fully saturated rings. The minimum atomic E-state index is -4.76. The maximum atomic E-state index is 15.2. The van der Waals surface area contributed by atoms with Crippen molar-refractivity contribution in [2.75, 3.05) is 5.32 Å². The number of rotatable bonds is 7. The van der Waals surface area contributed by atoms with Crippen LogP contribution in [-0.2, 0) is 10.9 Å². The molecule has 0 aliphatic carbocycles. The van der Waals surface area contributed by atoms with Crippen LogP contribution >= 0.6 is 0 Å². The van der Waals surface area contributed by atoms with Gasteiger partial charge in [-0.3, -0.25) is 9.55 Å². The van der Waals surface area contributed by atoms with E-state index in [1.54, 1.807) is 30.3 Å². The molecule has 44 heavy (non-hydrogen) atoms. The number of hydrogen-bond donors (Lipinski definition) is 2. The molecular weight excluding hydrogens is 582 g/mol. The lowest BCUT2D eigenvalue weighted by molar-refractivity contribution is -0.143. The quantitative estimate of drug-likeness (QED) is 0.158. The molecule has 224 valence electrons. The van der Waals surface area contributed by atoms with E-state index >= 15 is 4.39 Å². The number of aromatic nitrogens is 6. The van der Waals surface area contributed by atoms with Gasteiger partial charge in [0.25, 0.3) is 0 Å². The number of anilines is 1. The molecule has 6 aromatic rings. The number of hydrogen-bond acceptors (Lipinski definition) is 7. The van der Waals surface area contributed by atoms with E-state index in [1.807, 2.05) is 13.8 Å². The van der Waals surface area contributed by atoms with Gasteiger partial charge < -0.3 is 14.8 Å². The van der Waals surface area contributed by atoms with Crippen LogP contribution in [0.15, 0.2) is 78.0 Å². The Morgan fingerprint density at radius 2 is 1.84 bits per heavy atom. The molecule has 0 spiro atoms. The van der Waals surface area contributed by atoms with Gasteiger partial charge in [0, 0.05) is 47.2 Å². The summed E-state index contributed by atoms with van der Waals surface area (Å²) in [7, 11) is 0. The highest BCUT2D eigenvalue weighted by molar-refractivity contribution is 5.88. The van der Waals surface area contributed by atoms with Crippen LogP contribution in [0.5, 0.6) is 11.5 Å². The third-order valence-corrected chi connectivity index (χ3v) is 7.27. The lowest BCUT2D eigenvalue weighted by Gasteiger charge is -2.13. The summed E-state index contributed by atoms with van der Waals surface area (Å²) in [5.41, 5.74) is -0.587. The number of benzene rings is 2. The Morgan fingerprint density at radius 1 is 1.05 bits per heavy atom. The highest BCUT2D eigenvalue weighted by Gasteiger charge is 2.49. The van der Waals surface area contributed by atoms with Crippen LogP contribution < -0.4 is 15.7 Å². The van der Waals surface area contributed by atoms with Crippen LogP contribution in [0.2, 0.25) is 0 Å². The van der Waals surface area contributed by atoms with Gasteiger partial charge >= 0.3 is 11.9 Å². The molecule has 0 bridgehead atoms. The molecule has 1 saturated heterocycles. The van der Waals surface area contributed by atoms with Crippen molar-refractivity contribution in [2.24, 2.45) is 0 Å². The fourth-order valence-corrected chi connectivity index (χ4v) is 5.30. The van der Waals surface area contributed by atoms with Crippen LogP contribution in [-0.4, -0.2) is 35.5 Å². The number of halogens is 4. The van der Waals surface area contributed by atoms with Crippen molar-refractivity contribution in [3.05, 3.63) is 101 Å². The molecular formula is C30H23F4N7O3. The van der Waals surface area contributed by atoms with Crippen LogP contribution in [0.25, 0.3) is 27.8 Å². The number of fused-ring (bicyclic) bond motifs is 2. The van der Waals surface area contributed by atoms with E-state index < -0.39 is 30.0 Å². The summed E-state index contributed by atoms with van der Waals surface area (Å²) in [6.45, 7) is 3.64. The molecule has 2 aromatic carbocycles. The highest BCUT2D eigenvalue weighted by atomic mass is 19.4. The monoisotopic (exact) mass is 605 g/mol. The Balaban J connectivity index is 1.13. The summed E-state index contributed by atoms with van der Waals surface area (Å²) in [6.07, 6.45) is -2.63. The number of nitrogens with zero attached hydrogens (tertiary/aromatic N) is 5. The summed E-state index contributed by atoms with van der Waals surface area (Å²) in [5.74, 6) is -0.592. The van der Waals surface area contributed by atoms with Gasteiger partial charge in [0.15, 0.2) is 40.7 Å². The van der Waals surface area contributed by atoms with Gasteiger partial charge in [0.1, 0.15) is 11.6 Å². The second kappa shape index (κ2) is 10.2. The lowest BCUT2D eigenvalue weighted by atomic mass is 10.1. The smallest absolute Gasteiger partial charge is 0.433 e. The van der Waals surface area contributed by atoms with Crippen molar-refractivity contribution in [1.29, 1.82) is 0 Å². The molecule has 1 aliphatic rings. The molecule has 2 atom stereocenters. The number of imidazole rings is 1. The number of epoxide rings is 1. The Morgan fingerprint density at radius 3 is 2.61 bits per heavy atom. The lowest BCUT2D eigenvalue weighted by Crippen LogP contribution is -2.18. The topological polar surface area (TPSA) is 115 Å². The first-order valence-electron chi connectivity index (χ1n) is 13.6. The minimum Gasteiger partial charge on any atom is -0.452 e. The van der Waals surface area contributed by atoms with Gasteiger partial charge in [-0.05, 0) is 37.4 Å². The zero-order chi connectivity index (χ0) is 30.7. The molecule has 7 rings (SSSR count). The fourth-order valence-electron chi connectivity index (χ4n) is 5.30. The van der Waals surface area contributed by atoms with E-state index in [4.69, 9.17) is 9.47 Å². The largest absolute Gasteiger partial charge is 0.452 e. The van der Waals surface area contributed by atoms with Crippen molar-refractivity contribution in [2.45, 2.75) is 38.4 Å². The van der Waals surface area contributed by atoms with E-state index in [1.165, 1.54) is 35.2 Å². The maximum absolute atomic E-state index is 15.2. The van der Waals surface area contributed by atoms with E-state index in [0.717, 1.165) is 22.3 Å². The third-order valence-electron chi connectivity index (χ3n) is 7.27. The van der Waals surface area contributed by atoms with E-state index in [-0.39, 0.29) is 40.3 Å². The second-order valence-corrected chi connectivity index (χ2v) is 10.5. The standard InChI is InChI=1S/C30H23F4N7O3/c1-15(2)40-23-22(10-12-35-26(23)39-29(40)42)43-21-8-7-17(13-20(21)31)38-28-24(44-28)19-14-37-41(25(19)30(32,33)34)27-18-6-4-3-5-16(18)9-11-36-27/h3-15,24,28,38H,1-2H3,(H,35,39,42). The Bertz CT molecular complexity index is 2100. The Kier molecular flexibility index (Phi) is 6.39. The average Bonchev–Trinajstić information content (AvgIpc) is 3.42. The molecule has 0 radical (unpaired) electrons. The zero-order valence-electron chi connectivity index (χ0n) is 23.1. The summed E-state index contributed by atoms with van der Waals surface area (Å²) in [6, 6.07) is 14.0. The first-order chi connectivity index (χ1) is 21.1. The van der Waals surface area contributed by atoms with Gasteiger partial charge in [-0.1, -0.05) is 24.3 Å². The molecule has 0 amide bonds. The summed E-state index contributed by atoms with van der Waals surface area (Å²) < 4.78 is 71.9. The van der Waals surface area contributed by atoms with E-state index in [2.05, 4.69) is 25.4 Å². The molecule has 14 heteroatoms. The number of alkyl halides is 3.